The summed E-state index contributed by atoms with van der Waals surface area (Å²) in [4.78, 5) is 23.8. The molecule has 0 aliphatic carbocycles. The Balaban J connectivity index is 1.65. The molecule has 2 aliphatic rings. The van der Waals surface area contributed by atoms with Gasteiger partial charge in [-0.15, -0.1) is 0 Å². The first kappa shape index (κ1) is 17.0. The Morgan fingerprint density at radius 3 is 2.83 bits per heavy atom. The summed E-state index contributed by atoms with van der Waals surface area (Å²) in [5.74, 6) is 0.539. The molecule has 5 heteroatoms. The molecule has 4 atom stereocenters. The van der Waals surface area contributed by atoms with E-state index in [1.54, 1.807) is 6.07 Å². The molecule has 0 spiro atoms. The van der Waals surface area contributed by atoms with Crippen molar-refractivity contribution < 1.29 is 23.8 Å². The zero-order chi connectivity index (χ0) is 17.3. The lowest BCUT2D eigenvalue weighted by molar-refractivity contribution is -0.165. The third-order valence-electron chi connectivity index (χ3n) is 4.58. The number of hydrogen-bond donors (Lipinski definition) is 0. The molecule has 0 saturated carbocycles. The maximum atomic E-state index is 12.3. The van der Waals surface area contributed by atoms with Crippen molar-refractivity contribution in [2.45, 2.75) is 64.3 Å². The summed E-state index contributed by atoms with van der Waals surface area (Å²) in [6.45, 7) is 6.58. The number of carbonyl (C=O) groups is 2. The van der Waals surface area contributed by atoms with E-state index in [4.69, 9.17) is 14.2 Å². The third-order valence-corrected chi connectivity index (χ3v) is 4.58. The lowest BCUT2D eigenvalue weighted by Crippen LogP contribution is -2.38. The first-order valence-electron chi connectivity index (χ1n) is 8.65. The molecular weight excluding hydrogens is 308 g/mol. The smallest absolute Gasteiger partial charge is 0.352 e. The molecule has 5 nitrogen and oxygen atoms in total. The quantitative estimate of drug-likeness (QED) is 0.455. The molecular formula is C19H24O5. The lowest BCUT2D eigenvalue weighted by atomic mass is 9.88. The van der Waals surface area contributed by atoms with Crippen molar-refractivity contribution in [2.24, 2.45) is 5.92 Å². The van der Waals surface area contributed by atoms with Gasteiger partial charge in [-0.05, 0) is 42.4 Å². The van der Waals surface area contributed by atoms with E-state index in [1.807, 2.05) is 12.1 Å². The monoisotopic (exact) mass is 332 g/mol. The standard InChI is InChI=1S/C19H24O5/c1-4-12(8-11(2)3)13-6-5-7-14(9-13)22-18(20)16-10-15-17(23-15)19(21)24-16/h5-7,9,11-12,15-17H,4,8,10H2,1-3H3. The number of hydrogen-bond acceptors (Lipinski definition) is 5. The van der Waals surface area contributed by atoms with Gasteiger partial charge in [0.05, 0.1) is 6.10 Å². The highest BCUT2D eigenvalue weighted by Gasteiger charge is 2.54. The second-order valence-electron chi connectivity index (χ2n) is 6.98. The van der Waals surface area contributed by atoms with E-state index in [0.717, 1.165) is 12.8 Å². The summed E-state index contributed by atoms with van der Waals surface area (Å²) in [7, 11) is 0. The highest BCUT2D eigenvalue weighted by Crippen LogP contribution is 2.34. The molecule has 2 aliphatic heterocycles. The van der Waals surface area contributed by atoms with Crippen molar-refractivity contribution in [2.75, 3.05) is 0 Å². The number of rotatable bonds is 6. The second kappa shape index (κ2) is 6.93. The molecule has 1 aromatic carbocycles. The number of ether oxygens (including phenoxy) is 3. The minimum absolute atomic E-state index is 0.189. The summed E-state index contributed by atoms with van der Waals surface area (Å²) >= 11 is 0. The van der Waals surface area contributed by atoms with E-state index >= 15 is 0 Å². The average Bonchev–Trinajstić information content (AvgIpc) is 3.32. The molecule has 2 saturated heterocycles. The zero-order valence-corrected chi connectivity index (χ0v) is 14.4. The number of esters is 2. The van der Waals surface area contributed by atoms with Crippen molar-refractivity contribution in [3.05, 3.63) is 29.8 Å². The van der Waals surface area contributed by atoms with Gasteiger partial charge in [0.25, 0.3) is 0 Å². The predicted molar refractivity (Wildman–Crippen MR) is 87.7 cm³/mol. The molecule has 1 aromatic rings. The minimum Gasteiger partial charge on any atom is -0.448 e. The molecule has 4 unspecified atom stereocenters. The van der Waals surface area contributed by atoms with Gasteiger partial charge in [-0.3, -0.25) is 0 Å². The van der Waals surface area contributed by atoms with E-state index in [9.17, 15) is 9.59 Å². The zero-order valence-electron chi connectivity index (χ0n) is 14.4. The van der Waals surface area contributed by atoms with Gasteiger partial charge in [-0.25, -0.2) is 9.59 Å². The molecule has 24 heavy (non-hydrogen) atoms. The van der Waals surface area contributed by atoms with Crippen LogP contribution in [0.15, 0.2) is 24.3 Å². The van der Waals surface area contributed by atoms with Gasteiger partial charge < -0.3 is 14.2 Å². The number of cyclic esters (lactones) is 1. The number of epoxide rings is 1. The van der Waals surface area contributed by atoms with Gasteiger partial charge in [-0.1, -0.05) is 32.9 Å². The van der Waals surface area contributed by atoms with E-state index < -0.39 is 24.1 Å². The fraction of sp³-hybridized carbons (Fsp3) is 0.579. The number of benzene rings is 1. The average molecular weight is 332 g/mol. The fourth-order valence-corrected chi connectivity index (χ4v) is 3.26. The predicted octanol–water partition coefficient (Wildman–Crippen LogP) is 3.21. The van der Waals surface area contributed by atoms with Crippen LogP contribution in [0.5, 0.6) is 5.75 Å². The maximum Gasteiger partial charge on any atom is 0.352 e. The van der Waals surface area contributed by atoms with Crippen LogP contribution in [0, 0.1) is 5.92 Å². The SMILES string of the molecule is CCC(CC(C)C)c1cccc(OC(=O)C2CC3OC3C(=O)O2)c1. The largest absolute Gasteiger partial charge is 0.448 e. The van der Waals surface area contributed by atoms with Crippen LogP contribution in [-0.4, -0.2) is 30.3 Å². The van der Waals surface area contributed by atoms with Gasteiger partial charge in [0.2, 0.25) is 6.10 Å². The van der Waals surface area contributed by atoms with Crippen LogP contribution < -0.4 is 4.74 Å². The summed E-state index contributed by atoms with van der Waals surface area (Å²) in [6, 6.07) is 7.63. The summed E-state index contributed by atoms with van der Waals surface area (Å²) in [5, 5.41) is 0. The summed E-state index contributed by atoms with van der Waals surface area (Å²) in [5.41, 5.74) is 1.17. The van der Waals surface area contributed by atoms with Crippen LogP contribution in [0.25, 0.3) is 0 Å². The van der Waals surface area contributed by atoms with E-state index in [1.165, 1.54) is 5.56 Å². The van der Waals surface area contributed by atoms with Crippen molar-refractivity contribution in [1.82, 2.24) is 0 Å². The molecule has 0 bridgehead atoms. The van der Waals surface area contributed by atoms with Gasteiger partial charge in [0.15, 0.2) is 6.10 Å². The number of carbonyl (C=O) groups excluding carboxylic acids is 2. The van der Waals surface area contributed by atoms with E-state index in [2.05, 4.69) is 26.8 Å². The Hall–Kier alpha value is -1.88. The van der Waals surface area contributed by atoms with Crippen LogP contribution in [0.3, 0.4) is 0 Å². The minimum atomic E-state index is -0.873. The summed E-state index contributed by atoms with van der Waals surface area (Å²) < 4.78 is 15.7. The Morgan fingerprint density at radius 1 is 1.38 bits per heavy atom. The van der Waals surface area contributed by atoms with Crippen LogP contribution >= 0.6 is 0 Å². The molecule has 0 radical (unpaired) electrons. The Labute approximate surface area is 142 Å². The van der Waals surface area contributed by atoms with Crippen molar-refractivity contribution in [1.29, 1.82) is 0 Å². The highest BCUT2D eigenvalue weighted by molar-refractivity contribution is 5.86. The van der Waals surface area contributed by atoms with Crippen LogP contribution in [0.1, 0.15) is 51.5 Å². The Morgan fingerprint density at radius 2 is 2.17 bits per heavy atom. The molecule has 2 heterocycles. The third kappa shape index (κ3) is 3.78. The normalized spacial score (nSPS) is 26.5. The molecule has 0 amide bonds. The van der Waals surface area contributed by atoms with Crippen molar-refractivity contribution in [3.63, 3.8) is 0 Å². The molecule has 0 N–H and O–H groups in total. The van der Waals surface area contributed by atoms with Crippen LogP contribution in [0.4, 0.5) is 0 Å². The molecule has 130 valence electrons. The maximum absolute atomic E-state index is 12.3. The van der Waals surface area contributed by atoms with Crippen LogP contribution in [-0.2, 0) is 19.1 Å². The van der Waals surface area contributed by atoms with Crippen molar-refractivity contribution in [3.8, 4) is 5.75 Å². The van der Waals surface area contributed by atoms with Crippen LogP contribution in [0.2, 0.25) is 0 Å². The fourth-order valence-electron chi connectivity index (χ4n) is 3.26. The second-order valence-corrected chi connectivity index (χ2v) is 6.98. The molecule has 2 fully saturated rings. The van der Waals surface area contributed by atoms with Gasteiger partial charge in [0, 0.05) is 6.42 Å². The number of fused-ring (bicyclic) bond motifs is 1. The topological polar surface area (TPSA) is 65.1 Å². The highest BCUT2D eigenvalue weighted by atomic mass is 16.7. The summed E-state index contributed by atoms with van der Waals surface area (Å²) in [6.07, 6.45) is 0.969. The first-order valence-corrected chi connectivity index (χ1v) is 8.65. The van der Waals surface area contributed by atoms with Gasteiger partial charge >= 0.3 is 11.9 Å². The first-order chi connectivity index (χ1) is 11.5. The Bertz CT molecular complexity index is 624. The van der Waals surface area contributed by atoms with Gasteiger partial charge in [-0.2, -0.15) is 0 Å². The molecule has 0 aromatic heterocycles. The van der Waals surface area contributed by atoms with Gasteiger partial charge in [0.1, 0.15) is 5.75 Å². The van der Waals surface area contributed by atoms with E-state index in [0.29, 0.717) is 24.0 Å². The lowest BCUT2D eigenvalue weighted by Gasteiger charge is -2.20. The van der Waals surface area contributed by atoms with E-state index in [-0.39, 0.29) is 6.10 Å². The Kier molecular flexibility index (Phi) is 4.90. The molecule has 3 rings (SSSR count). The van der Waals surface area contributed by atoms with Crippen molar-refractivity contribution >= 4 is 11.9 Å².